The molecular formula is C23H29ClO2S. The standard InChI is InChI=1S/C14H17Cl.C9H12O2S/c1-3-4-6-12(2)7-5-8-13-9-10-14(15)11-13;1-3-4-7-5-6-8(12-7)9(10)11-2/h3-4,6,13-14H,1-2,7,9-11H2;5-6H,3-4H2,1-2H3/b6-4-;. The molecular weight excluding hydrogens is 376 g/mol. The van der Waals surface area contributed by atoms with E-state index in [2.05, 4.69) is 36.7 Å². The Labute approximate surface area is 173 Å². The second kappa shape index (κ2) is 13.4. The maximum absolute atomic E-state index is 11.0. The Bertz CT molecular complexity index is 705. The molecule has 1 fully saturated rings. The molecule has 2 rings (SSSR count). The van der Waals surface area contributed by atoms with Gasteiger partial charge in [-0.05, 0) is 43.4 Å². The number of thiophene rings is 1. The highest BCUT2D eigenvalue weighted by Crippen LogP contribution is 2.28. The van der Waals surface area contributed by atoms with Gasteiger partial charge in [-0.2, -0.15) is 0 Å². The quantitative estimate of drug-likeness (QED) is 0.232. The van der Waals surface area contributed by atoms with Crippen molar-refractivity contribution >= 4 is 28.9 Å². The number of esters is 1. The fourth-order valence-corrected chi connectivity index (χ4v) is 3.97. The molecule has 0 aliphatic heterocycles. The number of allylic oxidation sites excluding steroid dienone is 4. The van der Waals surface area contributed by atoms with Crippen molar-refractivity contribution in [1.29, 1.82) is 0 Å². The van der Waals surface area contributed by atoms with E-state index in [1.165, 1.54) is 23.3 Å². The zero-order chi connectivity index (χ0) is 20.1. The molecule has 146 valence electrons. The van der Waals surface area contributed by atoms with Crippen LogP contribution < -0.4 is 0 Å². The predicted molar refractivity (Wildman–Crippen MR) is 118 cm³/mol. The summed E-state index contributed by atoms with van der Waals surface area (Å²) in [6.07, 6.45) is 11.8. The summed E-state index contributed by atoms with van der Waals surface area (Å²) in [6, 6.07) is 3.81. The first-order valence-electron chi connectivity index (χ1n) is 9.26. The van der Waals surface area contributed by atoms with Gasteiger partial charge in [0.05, 0.1) is 7.11 Å². The van der Waals surface area contributed by atoms with Gasteiger partial charge in [-0.3, -0.25) is 0 Å². The molecule has 2 nitrogen and oxygen atoms in total. The number of halogens is 1. The van der Waals surface area contributed by atoms with Crippen LogP contribution in [0.25, 0.3) is 0 Å². The highest BCUT2D eigenvalue weighted by atomic mass is 35.5. The molecule has 0 aromatic carbocycles. The van der Waals surface area contributed by atoms with E-state index in [0.717, 1.165) is 44.1 Å². The highest BCUT2D eigenvalue weighted by Gasteiger charge is 2.20. The van der Waals surface area contributed by atoms with E-state index in [1.54, 1.807) is 6.08 Å². The molecule has 1 saturated carbocycles. The first-order valence-corrected chi connectivity index (χ1v) is 10.5. The van der Waals surface area contributed by atoms with Gasteiger partial charge in [0.25, 0.3) is 0 Å². The van der Waals surface area contributed by atoms with Crippen molar-refractivity contribution in [3.63, 3.8) is 0 Å². The molecule has 0 N–H and O–H groups in total. The molecule has 0 bridgehead atoms. The van der Waals surface area contributed by atoms with E-state index >= 15 is 0 Å². The number of rotatable bonds is 6. The molecule has 1 aliphatic rings. The maximum Gasteiger partial charge on any atom is 0.348 e. The van der Waals surface area contributed by atoms with Gasteiger partial charge in [-0.15, -0.1) is 22.9 Å². The number of hydrogen-bond acceptors (Lipinski definition) is 3. The minimum atomic E-state index is -0.234. The Morgan fingerprint density at radius 1 is 1.44 bits per heavy atom. The molecule has 4 heteroatoms. The lowest BCUT2D eigenvalue weighted by atomic mass is 10.1. The van der Waals surface area contributed by atoms with Crippen molar-refractivity contribution in [2.45, 2.75) is 50.8 Å². The van der Waals surface area contributed by atoms with E-state index in [4.69, 9.17) is 11.6 Å². The molecule has 2 atom stereocenters. The van der Waals surface area contributed by atoms with E-state index in [0.29, 0.717) is 16.2 Å². The van der Waals surface area contributed by atoms with Crippen molar-refractivity contribution in [3.8, 4) is 11.8 Å². The minimum absolute atomic E-state index is 0.234. The summed E-state index contributed by atoms with van der Waals surface area (Å²) in [5.74, 6) is 6.70. The molecule has 0 radical (unpaired) electrons. The molecule has 1 aliphatic carbocycles. The van der Waals surface area contributed by atoms with Crippen LogP contribution in [-0.2, 0) is 11.2 Å². The van der Waals surface area contributed by atoms with E-state index < -0.39 is 0 Å². The van der Waals surface area contributed by atoms with E-state index in [9.17, 15) is 4.79 Å². The smallest absolute Gasteiger partial charge is 0.348 e. The average Bonchev–Trinajstić information content (AvgIpc) is 3.29. The van der Waals surface area contributed by atoms with Gasteiger partial charge in [0, 0.05) is 22.6 Å². The Morgan fingerprint density at radius 3 is 2.81 bits per heavy atom. The van der Waals surface area contributed by atoms with Gasteiger partial charge in [0.2, 0.25) is 0 Å². The number of carbonyl (C=O) groups is 1. The molecule has 27 heavy (non-hydrogen) atoms. The fourth-order valence-electron chi connectivity index (χ4n) is 2.60. The number of aryl methyl sites for hydroxylation is 1. The van der Waals surface area contributed by atoms with Crippen molar-refractivity contribution in [2.75, 3.05) is 7.11 Å². The molecule has 1 heterocycles. The number of alkyl halides is 1. The SMILES string of the molecule is C=C/C=C\C(=C)CC#CC1CCC(Cl)C1.CCCc1ccc(C(=O)OC)s1. The summed E-state index contributed by atoms with van der Waals surface area (Å²) in [5.41, 5.74) is 1.03. The van der Waals surface area contributed by atoms with Crippen LogP contribution in [-0.4, -0.2) is 18.5 Å². The molecule has 0 spiro atoms. The summed E-state index contributed by atoms with van der Waals surface area (Å²) >= 11 is 7.52. The minimum Gasteiger partial charge on any atom is -0.465 e. The second-order valence-corrected chi connectivity index (χ2v) is 8.15. The second-order valence-electron chi connectivity index (χ2n) is 6.37. The Balaban J connectivity index is 0.000000277. The third kappa shape index (κ3) is 9.65. The Hall–Kier alpha value is -1.76. The first-order chi connectivity index (χ1) is 13.0. The van der Waals surface area contributed by atoms with Gasteiger partial charge in [-0.1, -0.05) is 56.6 Å². The highest BCUT2D eigenvalue weighted by molar-refractivity contribution is 7.13. The third-order valence-electron chi connectivity index (χ3n) is 4.00. The largest absolute Gasteiger partial charge is 0.465 e. The van der Waals surface area contributed by atoms with E-state index in [1.807, 2.05) is 24.3 Å². The monoisotopic (exact) mass is 404 g/mol. The van der Waals surface area contributed by atoms with Gasteiger partial charge in [-0.25, -0.2) is 4.79 Å². The number of hydrogen-bond donors (Lipinski definition) is 0. The van der Waals surface area contributed by atoms with Gasteiger partial charge in [0.1, 0.15) is 4.88 Å². The van der Waals surface area contributed by atoms with Crippen LogP contribution in [0.1, 0.15) is 53.6 Å². The van der Waals surface area contributed by atoms with E-state index in [-0.39, 0.29) is 5.97 Å². The zero-order valence-corrected chi connectivity index (χ0v) is 17.9. The number of carbonyl (C=O) groups excluding carboxylic acids is 1. The Morgan fingerprint density at radius 2 is 2.22 bits per heavy atom. The molecule has 1 aromatic rings. The molecule has 0 amide bonds. The molecule has 2 unspecified atom stereocenters. The maximum atomic E-state index is 11.0. The number of methoxy groups -OCH3 is 1. The Kier molecular flexibility index (Phi) is 11.6. The van der Waals surface area contributed by atoms with Crippen LogP contribution in [0.5, 0.6) is 0 Å². The third-order valence-corrected chi connectivity index (χ3v) is 5.52. The predicted octanol–water partition coefficient (Wildman–Crippen LogP) is 6.57. The molecule has 1 aromatic heterocycles. The van der Waals surface area contributed by atoms with Crippen molar-refractivity contribution in [1.82, 2.24) is 0 Å². The summed E-state index contributed by atoms with van der Waals surface area (Å²) < 4.78 is 4.60. The van der Waals surface area contributed by atoms with Crippen LogP contribution in [0.4, 0.5) is 0 Å². The lowest BCUT2D eigenvalue weighted by Gasteiger charge is -1.97. The van der Waals surface area contributed by atoms with Gasteiger partial charge < -0.3 is 4.74 Å². The molecule has 0 saturated heterocycles. The lowest BCUT2D eigenvalue weighted by Crippen LogP contribution is -1.96. The first kappa shape index (κ1) is 23.3. The van der Waals surface area contributed by atoms with Crippen molar-refractivity contribution < 1.29 is 9.53 Å². The van der Waals surface area contributed by atoms with Crippen LogP contribution in [0, 0.1) is 17.8 Å². The van der Waals surface area contributed by atoms with Crippen molar-refractivity contribution in [3.05, 3.63) is 58.8 Å². The summed E-state index contributed by atoms with van der Waals surface area (Å²) in [4.78, 5) is 13.0. The lowest BCUT2D eigenvalue weighted by molar-refractivity contribution is 0.0606. The summed E-state index contributed by atoms with van der Waals surface area (Å²) in [5, 5.41) is 0.341. The average molecular weight is 405 g/mol. The topological polar surface area (TPSA) is 26.3 Å². The van der Waals surface area contributed by atoms with Crippen LogP contribution >= 0.6 is 22.9 Å². The number of ether oxygens (including phenoxy) is 1. The van der Waals surface area contributed by atoms with Crippen LogP contribution in [0.15, 0.2) is 49.1 Å². The van der Waals surface area contributed by atoms with Crippen LogP contribution in [0.2, 0.25) is 0 Å². The summed E-state index contributed by atoms with van der Waals surface area (Å²) in [6.45, 7) is 9.64. The van der Waals surface area contributed by atoms with Crippen LogP contribution in [0.3, 0.4) is 0 Å². The van der Waals surface area contributed by atoms with Gasteiger partial charge in [0.15, 0.2) is 0 Å². The normalized spacial score (nSPS) is 18.2. The fraction of sp³-hybridized carbons (Fsp3) is 0.435. The zero-order valence-electron chi connectivity index (χ0n) is 16.3. The van der Waals surface area contributed by atoms with Gasteiger partial charge >= 0.3 is 5.97 Å². The summed E-state index contributed by atoms with van der Waals surface area (Å²) in [7, 11) is 1.40. The van der Waals surface area contributed by atoms with Crippen molar-refractivity contribution in [2.24, 2.45) is 5.92 Å².